The lowest BCUT2D eigenvalue weighted by molar-refractivity contribution is 0.228. The number of hydrogen-bond donors (Lipinski definition) is 4. The van der Waals surface area contributed by atoms with Gasteiger partial charge in [-0.05, 0) is 35.4 Å². The lowest BCUT2D eigenvalue weighted by atomic mass is 10.1. The maximum absolute atomic E-state index is 10.0. The minimum absolute atomic E-state index is 0.0338. The Morgan fingerprint density at radius 2 is 1.57 bits per heavy atom. The van der Waals surface area contributed by atoms with Gasteiger partial charge in [0.05, 0.1) is 13.2 Å². The van der Waals surface area contributed by atoms with Gasteiger partial charge >= 0.3 is 0 Å². The molecule has 1 unspecified atom stereocenters. The van der Waals surface area contributed by atoms with Crippen LogP contribution in [0.15, 0.2) is 42.5 Å². The molecule has 0 saturated carbocycles. The van der Waals surface area contributed by atoms with E-state index < -0.39 is 6.10 Å². The summed E-state index contributed by atoms with van der Waals surface area (Å²) >= 11 is 0. The first-order valence-electron chi connectivity index (χ1n) is 6.26. The molecule has 0 spiro atoms. The number of methoxy groups -OCH3 is 1. The van der Waals surface area contributed by atoms with Gasteiger partial charge in [0, 0.05) is 0 Å². The van der Waals surface area contributed by atoms with Crippen molar-refractivity contribution in [1.82, 2.24) is 0 Å². The highest BCUT2D eigenvalue weighted by molar-refractivity contribution is 5.55. The monoisotopic (exact) mass is 288 g/mol. The zero-order chi connectivity index (χ0) is 15.4. The van der Waals surface area contributed by atoms with Gasteiger partial charge in [0.2, 0.25) is 5.75 Å². The molecule has 0 bridgehead atoms. The molecular weight excluding hydrogens is 272 g/mol. The number of hydrogen-bond acceptors (Lipinski definition) is 5. The standard InChI is InChI=1S/C16H16O5/c1-21-16-14(19)8-11(9-15(16)20)13(18)7-4-10-2-5-12(17)6-3-10/h2-9,13,17-20H,1H3. The lowest BCUT2D eigenvalue weighted by Gasteiger charge is -2.11. The van der Waals surface area contributed by atoms with Crippen LogP contribution in [0.25, 0.3) is 6.08 Å². The van der Waals surface area contributed by atoms with Gasteiger partial charge in [0.1, 0.15) is 5.75 Å². The van der Waals surface area contributed by atoms with Crippen LogP contribution in [-0.4, -0.2) is 27.5 Å². The first kappa shape index (κ1) is 14.7. The fourth-order valence-electron chi connectivity index (χ4n) is 1.90. The molecule has 5 nitrogen and oxygen atoms in total. The maximum Gasteiger partial charge on any atom is 0.202 e. The molecule has 2 rings (SSSR count). The topological polar surface area (TPSA) is 90.2 Å². The van der Waals surface area contributed by atoms with E-state index in [1.807, 2.05) is 0 Å². The Balaban J connectivity index is 2.20. The third kappa shape index (κ3) is 3.46. The summed E-state index contributed by atoms with van der Waals surface area (Å²) in [6.07, 6.45) is 2.18. The van der Waals surface area contributed by atoms with Crippen LogP contribution in [0.1, 0.15) is 17.2 Å². The number of phenols is 3. The van der Waals surface area contributed by atoms with Crippen LogP contribution in [0.3, 0.4) is 0 Å². The molecule has 2 aromatic rings. The van der Waals surface area contributed by atoms with Crippen molar-refractivity contribution in [2.45, 2.75) is 6.10 Å². The summed E-state index contributed by atoms with van der Waals surface area (Å²) in [5, 5.41) is 38.6. The molecule has 110 valence electrons. The van der Waals surface area contributed by atoms with Gasteiger partial charge in [-0.15, -0.1) is 0 Å². The summed E-state index contributed by atoms with van der Waals surface area (Å²) in [4.78, 5) is 0. The second-order valence-corrected chi connectivity index (χ2v) is 4.49. The van der Waals surface area contributed by atoms with E-state index in [4.69, 9.17) is 4.74 Å². The Morgan fingerprint density at radius 3 is 2.10 bits per heavy atom. The molecule has 0 aliphatic carbocycles. The first-order chi connectivity index (χ1) is 10.0. The van der Waals surface area contributed by atoms with E-state index in [-0.39, 0.29) is 23.0 Å². The Kier molecular flexibility index (Phi) is 4.35. The highest BCUT2D eigenvalue weighted by atomic mass is 16.5. The van der Waals surface area contributed by atoms with Crippen molar-refractivity contribution in [1.29, 1.82) is 0 Å². The first-order valence-corrected chi connectivity index (χ1v) is 6.26. The van der Waals surface area contributed by atoms with E-state index in [1.165, 1.54) is 37.5 Å². The van der Waals surface area contributed by atoms with Crippen molar-refractivity contribution in [2.24, 2.45) is 0 Å². The molecule has 2 aromatic carbocycles. The van der Waals surface area contributed by atoms with Gasteiger partial charge in [-0.2, -0.15) is 0 Å². The summed E-state index contributed by atoms with van der Waals surface area (Å²) in [6, 6.07) is 9.12. The number of benzene rings is 2. The van der Waals surface area contributed by atoms with Crippen LogP contribution in [0, 0.1) is 0 Å². The maximum atomic E-state index is 10.0. The zero-order valence-corrected chi connectivity index (χ0v) is 11.4. The van der Waals surface area contributed by atoms with E-state index in [9.17, 15) is 20.4 Å². The number of ether oxygens (including phenoxy) is 1. The summed E-state index contributed by atoms with van der Waals surface area (Å²) in [5.41, 5.74) is 1.13. The van der Waals surface area contributed by atoms with Gasteiger partial charge < -0.3 is 25.2 Å². The van der Waals surface area contributed by atoms with Gasteiger partial charge in [-0.1, -0.05) is 24.3 Å². The van der Waals surface area contributed by atoms with Crippen LogP contribution in [0.4, 0.5) is 0 Å². The van der Waals surface area contributed by atoms with Crippen LogP contribution in [0.5, 0.6) is 23.0 Å². The molecule has 0 fully saturated rings. The Morgan fingerprint density at radius 1 is 1.00 bits per heavy atom. The van der Waals surface area contributed by atoms with E-state index in [2.05, 4.69) is 0 Å². The lowest BCUT2D eigenvalue weighted by Crippen LogP contribution is -1.94. The SMILES string of the molecule is COc1c(O)cc(C(O)C=Cc2ccc(O)cc2)cc1O. The molecule has 21 heavy (non-hydrogen) atoms. The molecule has 0 amide bonds. The van der Waals surface area contributed by atoms with Crippen molar-refractivity contribution < 1.29 is 25.2 Å². The summed E-state index contributed by atoms with van der Waals surface area (Å²) in [6.45, 7) is 0. The van der Waals surface area contributed by atoms with E-state index >= 15 is 0 Å². The highest BCUT2D eigenvalue weighted by Crippen LogP contribution is 2.38. The molecule has 0 heterocycles. The van der Waals surface area contributed by atoms with Crippen LogP contribution < -0.4 is 4.74 Å². The third-order valence-corrected chi connectivity index (χ3v) is 2.98. The van der Waals surface area contributed by atoms with Crippen LogP contribution >= 0.6 is 0 Å². The van der Waals surface area contributed by atoms with Crippen molar-refractivity contribution in [3.8, 4) is 23.0 Å². The number of phenolic OH excluding ortho intramolecular Hbond substituents is 3. The summed E-state index contributed by atoms with van der Waals surface area (Å²) < 4.78 is 4.83. The minimum atomic E-state index is -0.999. The molecule has 0 aliphatic rings. The van der Waals surface area contributed by atoms with Crippen LogP contribution in [0.2, 0.25) is 0 Å². The molecule has 0 radical (unpaired) electrons. The molecule has 4 N–H and O–H groups in total. The Bertz CT molecular complexity index is 623. The highest BCUT2D eigenvalue weighted by Gasteiger charge is 2.13. The Labute approximate surface area is 122 Å². The van der Waals surface area contributed by atoms with Gasteiger partial charge in [-0.25, -0.2) is 0 Å². The van der Waals surface area contributed by atoms with Gasteiger partial charge in [0.25, 0.3) is 0 Å². The van der Waals surface area contributed by atoms with Gasteiger partial charge in [0.15, 0.2) is 11.5 Å². The second-order valence-electron chi connectivity index (χ2n) is 4.49. The zero-order valence-electron chi connectivity index (χ0n) is 11.4. The van der Waals surface area contributed by atoms with Crippen molar-refractivity contribution >= 4 is 6.08 Å². The number of aliphatic hydroxyl groups is 1. The largest absolute Gasteiger partial charge is 0.508 e. The van der Waals surface area contributed by atoms with E-state index in [0.717, 1.165) is 5.56 Å². The predicted molar refractivity (Wildman–Crippen MR) is 78.4 cm³/mol. The minimum Gasteiger partial charge on any atom is -0.508 e. The smallest absolute Gasteiger partial charge is 0.202 e. The summed E-state index contributed by atoms with van der Waals surface area (Å²) in [5.74, 6) is -0.361. The summed E-state index contributed by atoms with van der Waals surface area (Å²) in [7, 11) is 1.33. The molecule has 0 aliphatic heterocycles. The quantitative estimate of drug-likeness (QED) is 0.694. The van der Waals surface area contributed by atoms with Gasteiger partial charge in [-0.3, -0.25) is 0 Å². The molecule has 1 atom stereocenters. The molecular formula is C16H16O5. The molecule has 0 aromatic heterocycles. The van der Waals surface area contributed by atoms with E-state index in [1.54, 1.807) is 18.2 Å². The predicted octanol–water partition coefficient (Wildman–Crippen LogP) is 2.56. The normalized spacial score (nSPS) is 12.5. The van der Waals surface area contributed by atoms with Crippen molar-refractivity contribution in [3.05, 3.63) is 53.6 Å². The van der Waals surface area contributed by atoms with E-state index in [0.29, 0.717) is 5.56 Å². The number of aromatic hydroxyl groups is 3. The molecule has 5 heteroatoms. The fraction of sp³-hybridized carbons (Fsp3) is 0.125. The number of aliphatic hydroxyl groups excluding tert-OH is 1. The second kappa shape index (κ2) is 6.19. The fourth-order valence-corrected chi connectivity index (χ4v) is 1.90. The Hall–Kier alpha value is -2.66. The third-order valence-electron chi connectivity index (χ3n) is 2.98. The van der Waals surface area contributed by atoms with Crippen LogP contribution in [-0.2, 0) is 0 Å². The number of rotatable bonds is 4. The average molecular weight is 288 g/mol. The average Bonchev–Trinajstić information content (AvgIpc) is 2.46. The molecule has 0 saturated heterocycles. The van der Waals surface area contributed by atoms with Crippen molar-refractivity contribution in [2.75, 3.05) is 7.11 Å². The van der Waals surface area contributed by atoms with Crippen molar-refractivity contribution in [3.63, 3.8) is 0 Å².